The quantitative estimate of drug-likeness (QED) is 0.668. The highest BCUT2D eigenvalue weighted by molar-refractivity contribution is 5.87. The van der Waals surface area contributed by atoms with Crippen molar-refractivity contribution in [3.63, 3.8) is 0 Å². The second-order valence-electron chi connectivity index (χ2n) is 2.28. The van der Waals surface area contributed by atoms with Crippen molar-refractivity contribution >= 4 is 16.7 Å². The highest BCUT2D eigenvalue weighted by Gasteiger charge is 1.95. The second-order valence-corrected chi connectivity index (χ2v) is 2.28. The predicted octanol–water partition coefficient (Wildman–Crippen LogP) is 2.24. The number of nitrogen functional groups attached to an aromatic ring is 1. The molecule has 68 valence electrons. The van der Waals surface area contributed by atoms with Crippen molar-refractivity contribution in [2.75, 3.05) is 5.73 Å². The van der Waals surface area contributed by atoms with Crippen LogP contribution in [0, 0.1) is 0 Å². The summed E-state index contributed by atoms with van der Waals surface area (Å²) >= 11 is 0. The van der Waals surface area contributed by atoms with Crippen molar-refractivity contribution in [2.45, 2.75) is 13.8 Å². The molecule has 13 heavy (non-hydrogen) atoms. The van der Waals surface area contributed by atoms with Crippen LogP contribution < -0.4 is 5.73 Å². The van der Waals surface area contributed by atoms with E-state index in [2.05, 4.69) is 9.97 Å². The van der Waals surface area contributed by atoms with E-state index in [1.165, 1.54) is 6.33 Å². The van der Waals surface area contributed by atoms with Crippen LogP contribution in [0.15, 0.2) is 30.6 Å². The van der Waals surface area contributed by atoms with Gasteiger partial charge in [0.05, 0.1) is 5.52 Å². The van der Waals surface area contributed by atoms with Gasteiger partial charge >= 0.3 is 0 Å². The van der Waals surface area contributed by atoms with E-state index in [9.17, 15) is 0 Å². The lowest BCUT2D eigenvalue weighted by molar-refractivity contribution is 1.23. The van der Waals surface area contributed by atoms with E-state index in [0.717, 1.165) is 10.9 Å². The molecule has 0 aliphatic rings. The third-order valence-corrected chi connectivity index (χ3v) is 1.57. The third-order valence-electron chi connectivity index (χ3n) is 1.57. The fourth-order valence-corrected chi connectivity index (χ4v) is 1.03. The summed E-state index contributed by atoms with van der Waals surface area (Å²) in [6.07, 6.45) is 1.47. The maximum atomic E-state index is 5.61. The van der Waals surface area contributed by atoms with Crippen LogP contribution in [0.5, 0.6) is 0 Å². The first-order valence-corrected chi connectivity index (χ1v) is 4.33. The van der Waals surface area contributed by atoms with Gasteiger partial charge in [-0.15, -0.1) is 0 Å². The van der Waals surface area contributed by atoms with Crippen molar-refractivity contribution in [3.05, 3.63) is 30.6 Å². The molecule has 0 aliphatic heterocycles. The molecule has 0 fully saturated rings. The first-order chi connectivity index (χ1) is 6.38. The molecular weight excluding hydrogens is 162 g/mol. The number of anilines is 1. The Balaban J connectivity index is 0.000000396. The zero-order valence-corrected chi connectivity index (χ0v) is 7.86. The molecular formula is C10H13N3. The first-order valence-electron chi connectivity index (χ1n) is 4.33. The summed E-state index contributed by atoms with van der Waals surface area (Å²) in [5.74, 6) is 0.538. The average Bonchev–Trinajstić information content (AvgIpc) is 2.22. The lowest BCUT2D eigenvalue weighted by atomic mass is 10.2. The fraction of sp³-hybridized carbons (Fsp3) is 0.200. The summed E-state index contributed by atoms with van der Waals surface area (Å²) < 4.78 is 0. The van der Waals surface area contributed by atoms with Gasteiger partial charge in [0.25, 0.3) is 0 Å². The van der Waals surface area contributed by atoms with Gasteiger partial charge in [-0.05, 0) is 12.1 Å². The van der Waals surface area contributed by atoms with Gasteiger partial charge in [-0.2, -0.15) is 0 Å². The van der Waals surface area contributed by atoms with E-state index in [0.29, 0.717) is 5.82 Å². The van der Waals surface area contributed by atoms with E-state index in [1.807, 2.05) is 38.1 Å². The SMILES string of the molecule is CC.Nc1ncnc2ccccc12. The van der Waals surface area contributed by atoms with Gasteiger partial charge < -0.3 is 5.73 Å². The van der Waals surface area contributed by atoms with Crippen LogP contribution in [-0.4, -0.2) is 9.97 Å². The molecule has 0 spiro atoms. The summed E-state index contributed by atoms with van der Waals surface area (Å²) in [5, 5.41) is 0.912. The van der Waals surface area contributed by atoms with Crippen molar-refractivity contribution in [2.24, 2.45) is 0 Å². The zero-order chi connectivity index (χ0) is 9.68. The van der Waals surface area contributed by atoms with Crippen molar-refractivity contribution in [1.82, 2.24) is 9.97 Å². The molecule has 0 aliphatic carbocycles. The second kappa shape index (κ2) is 4.40. The van der Waals surface area contributed by atoms with Crippen LogP contribution in [0.3, 0.4) is 0 Å². The Morgan fingerprint density at radius 3 is 2.46 bits per heavy atom. The molecule has 0 radical (unpaired) electrons. The number of aromatic nitrogens is 2. The molecule has 2 rings (SSSR count). The minimum atomic E-state index is 0.538. The lowest BCUT2D eigenvalue weighted by Crippen LogP contribution is -1.91. The fourth-order valence-electron chi connectivity index (χ4n) is 1.03. The van der Waals surface area contributed by atoms with Gasteiger partial charge in [-0.3, -0.25) is 0 Å². The van der Waals surface area contributed by atoms with E-state index in [4.69, 9.17) is 5.73 Å². The summed E-state index contributed by atoms with van der Waals surface area (Å²) in [4.78, 5) is 7.92. The molecule has 0 bridgehead atoms. The van der Waals surface area contributed by atoms with E-state index in [-0.39, 0.29) is 0 Å². The Kier molecular flexibility index (Phi) is 3.20. The van der Waals surface area contributed by atoms with Crippen LogP contribution in [0.25, 0.3) is 10.9 Å². The van der Waals surface area contributed by atoms with Crippen LogP contribution in [0.2, 0.25) is 0 Å². The Morgan fingerprint density at radius 1 is 1.08 bits per heavy atom. The summed E-state index contributed by atoms with van der Waals surface area (Å²) in [6, 6.07) is 7.66. The summed E-state index contributed by atoms with van der Waals surface area (Å²) in [7, 11) is 0. The maximum absolute atomic E-state index is 5.61. The number of benzene rings is 1. The molecule has 2 N–H and O–H groups in total. The monoisotopic (exact) mass is 175 g/mol. The molecule has 1 aromatic carbocycles. The van der Waals surface area contributed by atoms with Gasteiger partial charge in [0.1, 0.15) is 12.1 Å². The molecule has 1 heterocycles. The topological polar surface area (TPSA) is 51.8 Å². The number of hydrogen-bond acceptors (Lipinski definition) is 3. The molecule has 0 atom stereocenters. The van der Waals surface area contributed by atoms with Gasteiger partial charge in [-0.1, -0.05) is 26.0 Å². The summed E-state index contributed by atoms with van der Waals surface area (Å²) in [6.45, 7) is 4.00. The van der Waals surface area contributed by atoms with Gasteiger partial charge in [0.2, 0.25) is 0 Å². The largest absolute Gasteiger partial charge is 0.383 e. The highest BCUT2D eigenvalue weighted by Crippen LogP contribution is 2.14. The number of nitrogens with zero attached hydrogens (tertiary/aromatic N) is 2. The number of rotatable bonds is 0. The first kappa shape index (κ1) is 9.45. The minimum absolute atomic E-state index is 0.538. The molecule has 0 amide bonds. The zero-order valence-electron chi connectivity index (χ0n) is 7.86. The molecule has 2 aromatic rings. The van der Waals surface area contributed by atoms with Gasteiger partial charge in [0, 0.05) is 5.39 Å². The highest BCUT2D eigenvalue weighted by atomic mass is 14.9. The van der Waals surface area contributed by atoms with Gasteiger partial charge in [0.15, 0.2) is 0 Å². The third kappa shape index (κ3) is 1.93. The number of para-hydroxylation sites is 1. The van der Waals surface area contributed by atoms with E-state index < -0.39 is 0 Å². The predicted molar refractivity (Wildman–Crippen MR) is 55.3 cm³/mol. The Labute approximate surface area is 77.6 Å². The molecule has 0 unspecified atom stereocenters. The van der Waals surface area contributed by atoms with E-state index >= 15 is 0 Å². The summed E-state index contributed by atoms with van der Waals surface area (Å²) in [5.41, 5.74) is 6.49. The Bertz CT molecular complexity index is 379. The lowest BCUT2D eigenvalue weighted by Gasteiger charge is -1.96. The standard InChI is InChI=1S/C8H7N3.C2H6/c9-8-6-3-1-2-4-7(6)10-5-11-8;1-2/h1-5H,(H2,9,10,11);1-2H3. The van der Waals surface area contributed by atoms with Crippen molar-refractivity contribution in [3.8, 4) is 0 Å². The van der Waals surface area contributed by atoms with Crippen LogP contribution in [-0.2, 0) is 0 Å². The minimum Gasteiger partial charge on any atom is -0.383 e. The average molecular weight is 175 g/mol. The van der Waals surface area contributed by atoms with E-state index in [1.54, 1.807) is 0 Å². The number of hydrogen-bond donors (Lipinski definition) is 1. The molecule has 0 saturated heterocycles. The van der Waals surface area contributed by atoms with Crippen LogP contribution in [0.1, 0.15) is 13.8 Å². The Morgan fingerprint density at radius 2 is 1.77 bits per heavy atom. The number of fused-ring (bicyclic) bond motifs is 1. The number of nitrogens with two attached hydrogens (primary N) is 1. The maximum Gasteiger partial charge on any atom is 0.134 e. The molecule has 3 nitrogen and oxygen atoms in total. The molecule has 1 aromatic heterocycles. The van der Waals surface area contributed by atoms with Crippen LogP contribution >= 0.6 is 0 Å². The normalized spacial score (nSPS) is 9.08. The van der Waals surface area contributed by atoms with Crippen LogP contribution in [0.4, 0.5) is 5.82 Å². The molecule has 3 heteroatoms. The Hall–Kier alpha value is -1.64. The van der Waals surface area contributed by atoms with Gasteiger partial charge in [-0.25, -0.2) is 9.97 Å². The van der Waals surface area contributed by atoms with Crippen molar-refractivity contribution in [1.29, 1.82) is 0 Å². The smallest absolute Gasteiger partial charge is 0.134 e. The van der Waals surface area contributed by atoms with Crippen molar-refractivity contribution < 1.29 is 0 Å². The molecule has 0 saturated carbocycles.